The van der Waals surface area contributed by atoms with Crippen LogP contribution in [0.5, 0.6) is 0 Å². The average Bonchev–Trinajstić information content (AvgIpc) is 2.25. The van der Waals surface area contributed by atoms with Crippen LogP contribution in [0.25, 0.3) is 0 Å². The molecule has 0 unspecified atom stereocenters. The van der Waals surface area contributed by atoms with E-state index in [1.54, 1.807) is 7.11 Å². The molecule has 0 aliphatic carbocycles. The lowest BCUT2D eigenvalue weighted by molar-refractivity contribution is -0.142. The van der Waals surface area contributed by atoms with E-state index in [0.717, 1.165) is 26.2 Å². The monoisotopic (exact) mass is 235 g/mol. The van der Waals surface area contributed by atoms with E-state index in [2.05, 4.69) is 16.0 Å². The maximum Gasteiger partial charge on any atom is 0.329 e. The summed E-state index contributed by atoms with van der Waals surface area (Å²) < 4.78 is 9.60. The Hall–Kier alpha value is -0.730. The van der Waals surface area contributed by atoms with Crippen LogP contribution in [-0.2, 0) is 14.3 Å². The summed E-state index contributed by atoms with van der Waals surface area (Å²) in [7, 11) is 1.64. The van der Waals surface area contributed by atoms with Gasteiger partial charge < -0.3 is 19.9 Å². The molecule has 16 heavy (non-hydrogen) atoms. The number of rotatable bonds is 12. The summed E-state index contributed by atoms with van der Waals surface area (Å²) in [6.45, 7) is 3.82. The van der Waals surface area contributed by atoms with Crippen molar-refractivity contribution < 1.29 is 19.4 Å². The number of aliphatic carboxylic acids is 1. The minimum Gasteiger partial charge on any atom is -0.480 e. The van der Waals surface area contributed by atoms with Crippen LogP contribution in [0.15, 0.2) is 0 Å². The normalized spacial score (nSPS) is 10.6. The standard InChI is InChI=1S/C9H21N3O4/c1-15-7-11-4-2-10-3-5-12-8-16-6-9(13)14/h10-12H,2-8H2,1H3,(H,13,14). The number of carboxylic acids is 1. The molecule has 4 N–H and O–H groups in total. The number of nitrogens with one attached hydrogen (secondary N) is 3. The van der Waals surface area contributed by atoms with Gasteiger partial charge in [0, 0.05) is 33.3 Å². The van der Waals surface area contributed by atoms with Crippen LogP contribution in [0.2, 0.25) is 0 Å². The zero-order valence-corrected chi connectivity index (χ0v) is 9.62. The molecule has 0 fully saturated rings. The number of carbonyl (C=O) groups is 1. The summed E-state index contributed by atoms with van der Waals surface area (Å²) in [6, 6.07) is 0. The lowest BCUT2D eigenvalue weighted by Crippen LogP contribution is -2.34. The molecule has 0 heterocycles. The largest absolute Gasteiger partial charge is 0.480 e. The maximum atomic E-state index is 10.1. The minimum atomic E-state index is -0.954. The third-order valence-corrected chi connectivity index (χ3v) is 1.63. The molecule has 0 rings (SSSR count). The predicted octanol–water partition coefficient (Wildman–Crippen LogP) is -1.58. The van der Waals surface area contributed by atoms with Gasteiger partial charge in [0.15, 0.2) is 0 Å². The molecule has 0 aromatic rings. The van der Waals surface area contributed by atoms with Crippen LogP contribution in [-0.4, -0.2) is 64.4 Å². The van der Waals surface area contributed by atoms with Gasteiger partial charge in [0.05, 0.1) is 13.5 Å². The second-order valence-corrected chi connectivity index (χ2v) is 3.07. The zero-order valence-electron chi connectivity index (χ0n) is 9.62. The first-order chi connectivity index (χ1) is 7.77. The number of ether oxygens (including phenoxy) is 2. The third-order valence-electron chi connectivity index (χ3n) is 1.63. The first kappa shape index (κ1) is 15.3. The molecule has 0 bridgehead atoms. The van der Waals surface area contributed by atoms with E-state index in [9.17, 15) is 4.79 Å². The molecule has 0 spiro atoms. The Labute approximate surface area is 95.5 Å². The molecule has 0 aliphatic rings. The molecular formula is C9H21N3O4. The van der Waals surface area contributed by atoms with Gasteiger partial charge in [-0.1, -0.05) is 0 Å². The van der Waals surface area contributed by atoms with Crippen molar-refractivity contribution in [3.63, 3.8) is 0 Å². The van der Waals surface area contributed by atoms with E-state index in [-0.39, 0.29) is 13.3 Å². The molecule has 0 saturated heterocycles. The Bertz CT molecular complexity index is 169. The Morgan fingerprint density at radius 3 is 2.19 bits per heavy atom. The van der Waals surface area contributed by atoms with Crippen molar-refractivity contribution in [1.82, 2.24) is 16.0 Å². The highest BCUT2D eigenvalue weighted by molar-refractivity contribution is 5.67. The molecular weight excluding hydrogens is 214 g/mol. The van der Waals surface area contributed by atoms with E-state index in [4.69, 9.17) is 14.6 Å². The van der Waals surface area contributed by atoms with Crippen molar-refractivity contribution in [2.24, 2.45) is 0 Å². The van der Waals surface area contributed by atoms with Crippen molar-refractivity contribution in [2.75, 3.05) is 53.4 Å². The van der Waals surface area contributed by atoms with Crippen LogP contribution < -0.4 is 16.0 Å². The van der Waals surface area contributed by atoms with E-state index < -0.39 is 5.97 Å². The van der Waals surface area contributed by atoms with Crippen LogP contribution in [0, 0.1) is 0 Å². The molecule has 0 atom stereocenters. The van der Waals surface area contributed by atoms with Gasteiger partial charge in [-0.2, -0.15) is 0 Å². The van der Waals surface area contributed by atoms with E-state index in [1.807, 2.05) is 0 Å². The summed E-state index contributed by atoms with van der Waals surface area (Å²) in [4.78, 5) is 10.1. The van der Waals surface area contributed by atoms with Crippen molar-refractivity contribution in [3.8, 4) is 0 Å². The lowest BCUT2D eigenvalue weighted by Gasteiger charge is -2.07. The minimum absolute atomic E-state index is 0.260. The van der Waals surface area contributed by atoms with E-state index >= 15 is 0 Å². The SMILES string of the molecule is COCNCCNCCNCOCC(=O)O. The predicted molar refractivity (Wildman–Crippen MR) is 59.2 cm³/mol. The quantitative estimate of drug-likeness (QED) is 0.240. The molecule has 0 amide bonds. The Morgan fingerprint density at radius 2 is 1.62 bits per heavy atom. The molecule has 0 aromatic carbocycles. The van der Waals surface area contributed by atoms with Crippen molar-refractivity contribution in [1.29, 1.82) is 0 Å². The number of hydrogen-bond donors (Lipinski definition) is 4. The van der Waals surface area contributed by atoms with Gasteiger partial charge in [-0.05, 0) is 0 Å². The Morgan fingerprint density at radius 1 is 1.06 bits per heavy atom. The topological polar surface area (TPSA) is 91.9 Å². The highest BCUT2D eigenvalue weighted by atomic mass is 16.5. The van der Waals surface area contributed by atoms with E-state index in [0.29, 0.717) is 6.73 Å². The fraction of sp³-hybridized carbons (Fsp3) is 0.889. The molecule has 7 nitrogen and oxygen atoms in total. The summed E-state index contributed by atoms with van der Waals surface area (Å²) in [5, 5.41) is 17.5. The van der Waals surface area contributed by atoms with Gasteiger partial charge in [-0.25, -0.2) is 4.79 Å². The molecule has 96 valence electrons. The van der Waals surface area contributed by atoms with Crippen molar-refractivity contribution >= 4 is 5.97 Å². The summed E-state index contributed by atoms with van der Waals surface area (Å²) in [6.07, 6.45) is 0. The smallest absolute Gasteiger partial charge is 0.329 e. The lowest BCUT2D eigenvalue weighted by atomic mass is 10.5. The zero-order chi connectivity index (χ0) is 12.1. The van der Waals surface area contributed by atoms with Gasteiger partial charge in [0.2, 0.25) is 0 Å². The van der Waals surface area contributed by atoms with Gasteiger partial charge in [0.25, 0.3) is 0 Å². The highest BCUT2D eigenvalue weighted by Gasteiger charge is 1.94. The number of methoxy groups -OCH3 is 1. The van der Waals surface area contributed by atoms with Crippen LogP contribution in [0.4, 0.5) is 0 Å². The molecule has 0 radical (unpaired) electrons. The van der Waals surface area contributed by atoms with Crippen molar-refractivity contribution in [3.05, 3.63) is 0 Å². The molecule has 0 saturated carbocycles. The fourth-order valence-electron chi connectivity index (χ4n) is 0.935. The van der Waals surface area contributed by atoms with Crippen LogP contribution in [0.1, 0.15) is 0 Å². The first-order valence-corrected chi connectivity index (χ1v) is 5.18. The molecule has 7 heteroatoms. The highest BCUT2D eigenvalue weighted by Crippen LogP contribution is 1.70. The fourth-order valence-corrected chi connectivity index (χ4v) is 0.935. The van der Waals surface area contributed by atoms with Crippen molar-refractivity contribution in [2.45, 2.75) is 0 Å². The Kier molecular flexibility index (Phi) is 11.8. The second kappa shape index (κ2) is 12.3. The summed E-state index contributed by atoms with van der Waals surface area (Å²) in [5.74, 6) is -0.954. The first-order valence-electron chi connectivity index (χ1n) is 5.18. The Balaban J connectivity index is 2.90. The average molecular weight is 235 g/mol. The van der Waals surface area contributed by atoms with Crippen LogP contribution >= 0.6 is 0 Å². The maximum absolute atomic E-state index is 10.1. The summed E-state index contributed by atoms with van der Waals surface area (Å²) in [5.41, 5.74) is 0. The van der Waals surface area contributed by atoms with Crippen LogP contribution in [0.3, 0.4) is 0 Å². The van der Waals surface area contributed by atoms with Gasteiger partial charge in [-0.3, -0.25) is 10.6 Å². The number of hydrogen-bond acceptors (Lipinski definition) is 6. The van der Waals surface area contributed by atoms with Gasteiger partial charge in [0.1, 0.15) is 6.61 Å². The van der Waals surface area contributed by atoms with E-state index in [1.165, 1.54) is 0 Å². The molecule has 0 aliphatic heterocycles. The molecule has 0 aromatic heterocycles. The van der Waals surface area contributed by atoms with Gasteiger partial charge in [-0.15, -0.1) is 0 Å². The number of carboxylic acid groups (broad SMARTS) is 1. The third kappa shape index (κ3) is 13.3. The summed E-state index contributed by atoms with van der Waals surface area (Å²) >= 11 is 0. The second-order valence-electron chi connectivity index (χ2n) is 3.07. The van der Waals surface area contributed by atoms with Gasteiger partial charge >= 0.3 is 5.97 Å².